The van der Waals surface area contributed by atoms with Crippen molar-refractivity contribution < 1.29 is 14.1 Å². The first-order valence-corrected chi connectivity index (χ1v) is 6.18. The van der Waals surface area contributed by atoms with Gasteiger partial charge in [0, 0.05) is 11.1 Å². The van der Waals surface area contributed by atoms with Crippen molar-refractivity contribution in [2.45, 2.75) is 0 Å². The van der Waals surface area contributed by atoms with Crippen molar-refractivity contribution in [3.63, 3.8) is 0 Å². The van der Waals surface area contributed by atoms with Crippen molar-refractivity contribution in [1.82, 2.24) is 0 Å². The number of benzene rings is 2. The lowest BCUT2D eigenvalue weighted by Crippen LogP contribution is -2.11. The van der Waals surface area contributed by atoms with E-state index in [0.717, 1.165) is 16.8 Å². The topological polar surface area (TPSA) is 85.4 Å². The monoisotopic (exact) mass is 282 g/mol. The molecule has 21 heavy (non-hydrogen) atoms. The fraction of sp³-hybridized carbons (Fsp3) is 0. The Morgan fingerprint density at radius 2 is 1.81 bits per heavy atom. The summed E-state index contributed by atoms with van der Waals surface area (Å²) in [5.74, 6) is -1.09. The van der Waals surface area contributed by atoms with Gasteiger partial charge in [0.2, 0.25) is 0 Å². The minimum absolute atomic E-state index is 0.102. The third-order valence-electron chi connectivity index (χ3n) is 3.03. The highest BCUT2D eigenvalue weighted by atomic mass is 16.6. The first-order valence-electron chi connectivity index (χ1n) is 6.18. The molecule has 1 heterocycles. The minimum atomic E-state index is -0.686. The molecule has 3 aromatic rings. The average molecular weight is 282 g/mol. The van der Waals surface area contributed by atoms with E-state index in [4.69, 9.17) is 4.42 Å². The van der Waals surface area contributed by atoms with Crippen LogP contribution < -0.4 is 5.32 Å². The molecule has 0 atom stereocenters. The van der Waals surface area contributed by atoms with Crippen molar-refractivity contribution in [2.75, 3.05) is 5.32 Å². The quantitative estimate of drug-likeness (QED) is 0.587. The Balaban J connectivity index is 1.91. The number of nitro groups is 1. The highest BCUT2D eigenvalue weighted by molar-refractivity contribution is 6.07. The summed E-state index contributed by atoms with van der Waals surface area (Å²) in [4.78, 5) is 21.9. The Hall–Kier alpha value is -3.15. The first kappa shape index (κ1) is 12.9. The van der Waals surface area contributed by atoms with Crippen molar-refractivity contribution in [1.29, 1.82) is 0 Å². The fourth-order valence-corrected chi connectivity index (χ4v) is 2.07. The number of anilines is 1. The number of carbonyl (C=O) groups is 1. The number of furan rings is 1. The van der Waals surface area contributed by atoms with Gasteiger partial charge >= 0.3 is 5.88 Å². The van der Waals surface area contributed by atoms with Gasteiger partial charge in [0.05, 0.1) is 6.07 Å². The van der Waals surface area contributed by atoms with Crippen molar-refractivity contribution in [3.8, 4) is 0 Å². The standard InChI is InChI=1S/C15H10N2O4/c18-15(13-8-9-14(21-13)17(19)20)16-12-7-3-5-10-4-1-2-6-11(10)12/h1-9H,(H,16,18). The Morgan fingerprint density at radius 1 is 1.05 bits per heavy atom. The van der Waals surface area contributed by atoms with Gasteiger partial charge in [0.15, 0.2) is 5.76 Å². The third kappa shape index (κ3) is 2.46. The van der Waals surface area contributed by atoms with Crippen LogP contribution in [-0.4, -0.2) is 10.8 Å². The van der Waals surface area contributed by atoms with E-state index in [1.807, 2.05) is 36.4 Å². The number of amides is 1. The molecule has 2 aromatic carbocycles. The molecular weight excluding hydrogens is 272 g/mol. The Bertz CT molecular complexity index is 833. The zero-order chi connectivity index (χ0) is 14.8. The number of nitrogens with zero attached hydrogens (tertiary/aromatic N) is 1. The molecule has 1 aromatic heterocycles. The van der Waals surface area contributed by atoms with Crippen LogP contribution in [0.4, 0.5) is 11.6 Å². The van der Waals surface area contributed by atoms with E-state index < -0.39 is 16.7 Å². The second kappa shape index (κ2) is 5.09. The maximum Gasteiger partial charge on any atom is 0.433 e. The number of fused-ring (bicyclic) bond motifs is 1. The molecule has 0 spiro atoms. The van der Waals surface area contributed by atoms with Crippen molar-refractivity contribution in [3.05, 3.63) is 70.5 Å². The van der Waals surface area contributed by atoms with E-state index in [-0.39, 0.29) is 5.76 Å². The highest BCUT2D eigenvalue weighted by Crippen LogP contribution is 2.24. The molecule has 1 N–H and O–H groups in total. The number of hydrogen-bond donors (Lipinski definition) is 1. The second-order valence-electron chi connectivity index (χ2n) is 4.38. The van der Waals surface area contributed by atoms with Crippen LogP contribution in [0.15, 0.2) is 59.0 Å². The van der Waals surface area contributed by atoms with Crippen LogP contribution in [0.1, 0.15) is 10.6 Å². The van der Waals surface area contributed by atoms with Gasteiger partial charge in [-0.2, -0.15) is 0 Å². The molecule has 0 saturated carbocycles. The Kier molecular flexibility index (Phi) is 3.12. The molecule has 0 aliphatic carbocycles. The molecule has 0 saturated heterocycles. The molecule has 0 unspecified atom stereocenters. The summed E-state index contributed by atoms with van der Waals surface area (Å²) in [5.41, 5.74) is 0.622. The second-order valence-corrected chi connectivity index (χ2v) is 4.38. The average Bonchev–Trinajstić information content (AvgIpc) is 2.98. The molecule has 6 heteroatoms. The fourth-order valence-electron chi connectivity index (χ4n) is 2.07. The zero-order valence-corrected chi connectivity index (χ0v) is 10.8. The molecule has 1 amide bonds. The summed E-state index contributed by atoms with van der Waals surface area (Å²) in [7, 11) is 0. The van der Waals surface area contributed by atoms with Gasteiger partial charge in [-0.25, -0.2) is 0 Å². The van der Waals surface area contributed by atoms with Gasteiger partial charge in [-0.15, -0.1) is 0 Å². The summed E-state index contributed by atoms with van der Waals surface area (Å²) < 4.78 is 4.88. The molecule has 6 nitrogen and oxygen atoms in total. The minimum Gasteiger partial charge on any atom is -0.395 e. The number of carbonyl (C=O) groups excluding carboxylic acids is 1. The molecule has 0 radical (unpaired) electrons. The van der Waals surface area contributed by atoms with Gasteiger partial charge in [0.1, 0.15) is 4.92 Å². The SMILES string of the molecule is O=C(Nc1cccc2ccccc12)c1ccc([N+](=O)[O-])o1. The number of nitrogens with one attached hydrogen (secondary N) is 1. The number of hydrogen-bond acceptors (Lipinski definition) is 4. The van der Waals surface area contributed by atoms with Crippen LogP contribution in [0.2, 0.25) is 0 Å². The van der Waals surface area contributed by atoms with Crippen LogP contribution in [0.25, 0.3) is 10.8 Å². The van der Waals surface area contributed by atoms with E-state index in [1.165, 1.54) is 6.07 Å². The van der Waals surface area contributed by atoms with Crippen molar-refractivity contribution >= 4 is 28.3 Å². The van der Waals surface area contributed by atoms with E-state index in [0.29, 0.717) is 5.69 Å². The summed E-state index contributed by atoms with van der Waals surface area (Å²) in [5, 5.41) is 15.1. The lowest BCUT2D eigenvalue weighted by atomic mass is 10.1. The molecule has 0 aliphatic heterocycles. The highest BCUT2D eigenvalue weighted by Gasteiger charge is 2.17. The van der Waals surface area contributed by atoms with Gasteiger partial charge in [-0.05, 0) is 17.5 Å². The normalized spacial score (nSPS) is 10.5. The van der Waals surface area contributed by atoms with Gasteiger partial charge in [-0.3, -0.25) is 14.9 Å². The van der Waals surface area contributed by atoms with Crippen LogP contribution in [0.5, 0.6) is 0 Å². The van der Waals surface area contributed by atoms with Crippen LogP contribution in [0.3, 0.4) is 0 Å². The lowest BCUT2D eigenvalue weighted by molar-refractivity contribution is -0.402. The molecular formula is C15H10N2O4. The maximum atomic E-state index is 12.1. The largest absolute Gasteiger partial charge is 0.433 e. The summed E-state index contributed by atoms with van der Waals surface area (Å²) in [6.45, 7) is 0. The van der Waals surface area contributed by atoms with Crippen molar-refractivity contribution in [2.24, 2.45) is 0 Å². The predicted molar refractivity (Wildman–Crippen MR) is 77.3 cm³/mol. The first-order chi connectivity index (χ1) is 10.1. The predicted octanol–water partition coefficient (Wildman–Crippen LogP) is 3.59. The van der Waals surface area contributed by atoms with Gasteiger partial charge < -0.3 is 9.73 Å². The van der Waals surface area contributed by atoms with Gasteiger partial charge in [-0.1, -0.05) is 36.4 Å². The smallest absolute Gasteiger partial charge is 0.395 e. The summed E-state index contributed by atoms with van der Waals surface area (Å²) in [6, 6.07) is 15.5. The summed E-state index contributed by atoms with van der Waals surface area (Å²) >= 11 is 0. The van der Waals surface area contributed by atoms with E-state index >= 15 is 0 Å². The number of rotatable bonds is 3. The van der Waals surface area contributed by atoms with E-state index in [1.54, 1.807) is 6.07 Å². The molecule has 104 valence electrons. The van der Waals surface area contributed by atoms with Gasteiger partial charge in [0.25, 0.3) is 5.91 Å². The molecule has 0 bridgehead atoms. The summed E-state index contributed by atoms with van der Waals surface area (Å²) in [6.07, 6.45) is 0. The zero-order valence-electron chi connectivity index (χ0n) is 10.8. The van der Waals surface area contributed by atoms with Crippen LogP contribution >= 0.6 is 0 Å². The maximum absolute atomic E-state index is 12.1. The lowest BCUT2D eigenvalue weighted by Gasteiger charge is -2.07. The molecule has 3 rings (SSSR count). The molecule has 0 aliphatic rings. The van der Waals surface area contributed by atoms with E-state index in [9.17, 15) is 14.9 Å². The van der Waals surface area contributed by atoms with E-state index in [2.05, 4.69) is 5.32 Å². The molecule has 0 fully saturated rings. The Labute approximate surface area is 119 Å². The van der Waals surface area contributed by atoms with Crippen LogP contribution in [-0.2, 0) is 0 Å². The third-order valence-corrected chi connectivity index (χ3v) is 3.03. The Morgan fingerprint density at radius 3 is 2.57 bits per heavy atom. The van der Waals surface area contributed by atoms with Crippen LogP contribution in [0, 0.1) is 10.1 Å².